The quantitative estimate of drug-likeness (QED) is 0.356. The molecule has 3 fully saturated rings. The fourth-order valence-electron chi connectivity index (χ4n) is 8.09. The number of rotatable bonds is 5. The monoisotopic (exact) mass is 427 g/mol. The maximum atomic E-state index is 10.2. The van der Waals surface area contributed by atoms with E-state index in [1.54, 1.807) is 5.57 Å². The molecular weight excluding hydrogens is 378 g/mol. The van der Waals surface area contributed by atoms with Crippen LogP contribution in [0.2, 0.25) is 0 Å². The van der Waals surface area contributed by atoms with Crippen molar-refractivity contribution >= 4 is 0 Å². The SMILES string of the molecule is CC.CC(C)(C#N)CCCCC1CCC2[C@@H]3CCC4CC(O)CC[C@]4(C)C3=CC[C@]12C. The minimum Gasteiger partial charge on any atom is -0.393 e. The molecular formula is C29H49NO. The summed E-state index contributed by atoms with van der Waals surface area (Å²) in [6.45, 7) is 13.3. The summed E-state index contributed by atoms with van der Waals surface area (Å²) in [5.74, 6) is 3.27. The summed E-state index contributed by atoms with van der Waals surface area (Å²) in [5, 5.41) is 19.5. The number of hydrogen-bond donors (Lipinski definition) is 1. The molecule has 3 saturated carbocycles. The molecule has 0 radical (unpaired) electrons. The van der Waals surface area contributed by atoms with E-state index in [0.29, 0.717) is 16.7 Å². The minimum atomic E-state index is -0.160. The fourth-order valence-corrected chi connectivity index (χ4v) is 8.09. The second-order valence-corrected chi connectivity index (χ2v) is 12.2. The first kappa shape index (κ1) is 24.8. The van der Waals surface area contributed by atoms with Crippen LogP contribution in [0, 0.1) is 51.2 Å². The second-order valence-electron chi connectivity index (χ2n) is 12.2. The molecule has 0 bridgehead atoms. The zero-order chi connectivity index (χ0) is 22.9. The third-order valence-electron chi connectivity index (χ3n) is 10.1. The summed E-state index contributed by atoms with van der Waals surface area (Å²) in [4.78, 5) is 0. The van der Waals surface area contributed by atoms with Crippen molar-refractivity contribution in [3.05, 3.63) is 11.6 Å². The Morgan fingerprint density at radius 2 is 1.84 bits per heavy atom. The Kier molecular flexibility index (Phi) is 7.68. The molecule has 4 rings (SSSR count). The molecule has 0 amide bonds. The second kappa shape index (κ2) is 9.59. The van der Waals surface area contributed by atoms with E-state index in [1.807, 2.05) is 13.8 Å². The van der Waals surface area contributed by atoms with E-state index in [-0.39, 0.29) is 11.5 Å². The Morgan fingerprint density at radius 3 is 2.55 bits per heavy atom. The predicted molar refractivity (Wildman–Crippen MR) is 130 cm³/mol. The number of aliphatic hydroxyl groups is 1. The van der Waals surface area contributed by atoms with Gasteiger partial charge in [-0.1, -0.05) is 52.2 Å². The van der Waals surface area contributed by atoms with E-state index >= 15 is 0 Å². The van der Waals surface area contributed by atoms with Crippen LogP contribution in [-0.2, 0) is 0 Å². The van der Waals surface area contributed by atoms with Gasteiger partial charge in [-0.25, -0.2) is 0 Å². The average Bonchev–Trinajstić information content (AvgIpc) is 3.09. The highest BCUT2D eigenvalue weighted by Crippen LogP contribution is 2.65. The molecule has 0 aromatic heterocycles. The van der Waals surface area contributed by atoms with Gasteiger partial charge in [0.2, 0.25) is 0 Å². The molecule has 4 unspecified atom stereocenters. The van der Waals surface area contributed by atoms with Crippen LogP contribution in [-0.4, -0.2) is 11.2 Å². The predicted octanol–water partition coefficient (Wildman–Crippen LogP) is 8.06. The van der Waals surface area contributed by atoms with E-state index in [9.17, 15) is 10.4 Å². The Balaban J connectivity index is 0.00000132. The van der Waals surface area contributed by atoms with Gasteiger partial charge in [0.15, 0.2) is 0 Å². The topological polar surface area (TPSA) is 44.0 Å². The first-order chi connectivity index (χ1) is 14.7. The van der Waals surface area contributed by atoms with E-state index in [0.717, 1.165) is 37.0 Å². The van der Waals surface area contributed by atoms with Crippen LogP contribution in [0.15, 0.2) is 11.6 Å². The van der Waals surface area contributed by atoms with Crippen LogP contribution in [0.4, 0.5) is 0 Å². The van der Waals surface area contributed by atoms with Crippen LogP contribution >= 0.6 is 0 Å². The highest BCUT2D eigenvalue weighted by atomic mass is 16.3. The summed E-state index contributed by atoms with van der Waals surface area (Å²) in [7, 11) is 0. The van der Waals surface area contributed by atoms with Gasteiger partial charge in [-0.3, -0.25) is 0 Å². The van der Waals surface area contributed by atoms with E-state index in [2.05, 4.69) is 39.8 Å². The Bertz CT molecular complexity index is 687. The molecule has 2 nitrogen and oxygen atoms in total. The van der Waals surface area contributed by atoms with Crippen molar-refractivity contribution in [3.8, 4) is 6.07 Å². The highest BCUT2D eigenvalue weighted by Gasteiger charge is 2.56. The van der Waals surface area contributed by atoms with Crippen molar-refractivity contribution in [1.82, 2.24) is 0 Å². The Morgan fingerprint density at radius 1 is 1.10 bits per heavy atom. The first-order valence-corrected chi connectivity index (χ1v) is 13.5. The van der Waals surface area contributed by atoms with E-state index in [4.69, 9.17) is 0 Å². The van der Waals surface area contributed by atoms with Gasteiger partial charge in [0.05, 0.1) is 17.6 Å². The number of nitrogens with zero attached hydrogens (tertiary/aromatic N) is 1. The van der Waals surface area contributed by atoms with Gasteiger partial charge in [-0.2, -0.15) is 5.26 Å². The van der Waals surface area contributed by atoms with Crippen molar-refractivity contribution in [2.45, 2.75) is 125 Å². The first-order valence-electron chi connectivity index (χ1n) is 13.5. The standard InChI is InChI=1S/C27H43NO.C2H6/c1-25(2,18-28)14-6-5-7-19-9-11-23-22-10-8-20-17-21(29)12-15-27(20,4)24(22)13-16-26(19,23)3;1-2/h13,19-23,29H,5-12,14-17H2,1-4H3;1-2H3/t19?,20?,21?,22-,23?,26+,27-;/m0./s1. The number of unbranched alkanes of at least 4 members (excludes halogenated alkanes) is 1. The molecule has 7 atom stereocenters. The minimum absolute atomic E-state index is 0.0547. The molecule has 1 N–H and O–H groups in total. The molecule has 4 aliphatic carbocycles. The van der Waals surface area contributed by atoms with Crippen molar-refractivity contribution < 1.29 is 5.11 Å². The van der Waals surface area contributed by atoms with Crippen LogP contribution in [0.5, 0.6) is 0 Å². The molecule has 0 saturated heterocycles. The molecule has 176 valence electrons. The number of fused-ring (bicyclic) bond motifs is 5. The molecule has 0 heterocycles. The zero-order valence-electron chi connectivity index (χ0n) is 21.3. The summed E-state index contributed by atoms with van der Waals surface area (Å²) in [6.07, 6.45) is 17.6. The molecule has 4 aliphatic rings. The molecule has 0 aromatic carbocycles. The zero-order valence-corrected chi connectivity index (χ0v) is 21.3. The van der Waals surface area contributed by atoms with Gasteiger partial charge in [-0.05, 0) is 113 Å². The van der Waals surface area contributed by atoms with Gasteiger partial charge >= 0.3 is 0 Å². The molecule has 0 aliphatic heterocycles. The average molecular weight is 428 g/mol. The van der Waals surface area contributed by atoms with Crippen molar-refractivity contribution in [3.63, 3.8) is 0 Å². The van der Waals surface area contributed by atoms with Crippen molar-refractivity contribution in [1.29, 1.82) is 5.26 Å². The van der Waals surface area contributed by atoms with E-state index < -0.39 is 0 Å². The van der Waals surface area contributed by atoms with Gasteiger partial charge in [-0.15, -0.1) is 0 Å². The maximum absolute atomic E-state index is 10.2. The number of hydrogen-bond acceptors (Lipinski definition) is 2. The van der Waals surface area contributed by atoms with Crippen LogP contribution < -0.4 is 0 Å². The normalized spacial score (nSPS) is 41.6. The molecule has 0 aromatic rings. The number of nitriles is 1. The molecule has 2 heteroatoms. The molecule has 31 heavy (non-hydrogen) atoms. The van der Waals surface area contributed by atoms with Gasteiger partial charge in [0.1, 0.15) is 0 Å². The third kappa shape index (κ3) is 4.64. The lowest BCUT2D eigenvalue weighted by Gasteiger charge is -2.56. The summed E-state index contributed by atoms with van der Waals surface area (Å²) in [6, 6.07) is 2.46. The van der Waals surface area contributed by atoms with Crippen molar-refractivity contribution in [2.24, 2.45) is 39.9 Å². The van der Waals surface area contributed by atoms with Gasteiger partial charge in [0.25, 0.3) is 0 Å². The van der Waals surface area contributed by atoms with Crippen LogP contribution in [0.1, 0.15) is 119 Å². The number of allylic oxidation sites excluding steroid dienone is 2. The number of aliphatic hydroxyl groups excluding tert-OH is 1. The smallest absolute Gasteiger partial charge is 0.0683 e. The maximum Gasteiger partial charge on any atom is 0.0683 e. The summed E-state index contributed by atoms with van der Waals surface area (Å²) in [5.41, 5.74) is 2.51. The van der Waals surface area contributed by atoms with Crippen molar-refractivity contribution in [2.75, 3.05) is 0 Å². The highest BCUT2D eigenvalue weighted by molar-refractivity contribution is 5.28. The molecule has 0 spiro atoms. The summed E-state index contributed by atoms with van der Waals surface area (Å²) < 4.78 is 0. The van der Waals surface area contributed by atoms with Crippen LogP contribution in [0.3, 0.4) is 0 Å². The van der Waals surface area contributed by atoms with Crippen LogP contribution in [0.25, 0.3) is 0 Å². The van der Waals surface area contributed by atoms with E-state index in [1.165, 1.54) is 57.8 Å². The lowest BCUT2D eigenvalue weighted by molar-refractivity contribution is -0.0126. The lowest BCUT2D eigenvalue weighted by atomic mass is 9.48. The lowest BCUT2D eigenvalue weighted by Crippen LogP contribution is -2.48. The van der Waals surface area contributed by atoms with Gasteiger partial charge < -0.3 is 5.11 Å². The largest absolute Gasteiger partial charge is 0.393 e. The fraction of sp³-hybridized carbons (Fsp3) is 0.897. The van der Waals surface area contributed by atoms with Gasteiger partial charge in [0, 0.05) is 0 Å². The summed E-state index contributed by atoms with van der Waals surface area (Å²) >= 11 is 0. The Hall–Kier alpha value is -0.810. The third-order valence-corrected chi connectivity index (χ3v) is 10.1. The Labute approximate surface area is 192 Å².